The molecule has 0 spiro atoms. The molecular weight excluding hydrogens is 278 g/mol. The molecule has 1 aromatic carbocycles. The maximum Gasteiger partial charge on any atom is 0.255 e. The number of carbonyl (C=O) groups excluding carboxylic acids is 2. The van der Waals surface area contributed by atoms with Gasteiger partial charge in [0.2, 0.25) is 5.91 Å². The van der Waals surface area contributed by atoms with Gasteiger partial charge in [-0.1, -0.05) is 11.6 Å². The molecule has 0 bridgehead atoms. The molecule has 0 atom stereocenters. The van der Waals surface area contributed by atoms with Gasteiger partial charge in [0.15, 0.2) is 0 Å². The zero-order valence-corrected chi connectivity index (χ0v) is 12.9. The molecule has 6 heteroatoms. The smallest absolute Gasteiger partial charge is 0.255 e. The lowest BCUT2D eigenvalue weighted by Crippen LogP contribution is -2.36. The van der Waals surface area contributed by atoms with E-state index in [1.165, 1.54) is 4.90 Å². The number of nitrogens with one attached hydrogen (secondary N) is 1. The van der Waals surface area contributed by atoms with Crippen LogP contribution in [0.2, 0.25) is 5.02 Å². The number of nitrogens with zero attached hydrogens (tertiary/aromatic N) is 1. The summed E-state index contributed by atoms with van der Waals surface area (Å²) in [5.41, 5.74) is 5.97. The van der Waals surface area contributed by atoms with Gasteiger partial charge in [0.05, 0.1) is 11.3 Å². The van der Waals surface area contributed by atoms with Gasteiger partial charge in [-0.25, -0.2) is 0 Å². The van der Waals surface area contributed by atoms with Crippen molar-refractivity contribution in [3.63, 3.8) is 0 Å². The Morgan fingerprint density at radius 3 is 2.45 bits per heavy atom. The molecule has 0 aliphatic rings. The van der Waals surface area contributed by atoms with E-state index in [1.807, 2.05) is 0 Å². The minimum atomic E-state index is -0.617. The summed E-state index contributed by atoms with van der Waals surface area (Å²) in [7, 11) is 3.29. The second kappa shape index (κ2) is 6.24. The van der Waals surface area contributed by atoms with Gasteiger partial charge in [0.25, 0.3) is 5.91 Å². The predicted octanol–water partition coefficient (Wildman–Crippen LogP) is 2.11. The molecule has 0 fully saturated rings. The van der Waals surface area contributed by atoms with E-state index >= 15 is 0 Å². The molecule has 3 N–H and O–H groups in total. The zero-order valence-electron chi connectivity index (χ0n) is 12.2. The Balaban J connectivity index is 3.02. The van der Waals surface area contributed by atoms with Crippen molar-refractivity contribution in [2.45, 2.75) is 25.8 Å². The first-order chi connectivity index (χ1) is 9.10. The molecule has 0 unspecified atom stereocenters. The van der Waals surface area contributed by atoms with Crippen LogP contribution in [0, 0.1) is 0 Å². The zero-order chi connectivity index (χ0) is 15.5. The van der Waals surface area contributed by atoms with Crippen LogP contribution in [0.25, 0.3) is 0 Å². The van der Waals surface area contributed by atoms with E-state index in [0.717, 1.165) is 0 Å². The topological polar surface area (TPSA) is 75.4 Å². The third kappa shape index (κ3) is 4.83. The van der Waals surface area contributed by atoms with Crippen LogP contribution in [-0.4, -0.2) is 36.3 Å². The standard InChI is InChI=1S/C14H20ClN3O2/c1-14(2,16)8-12(19)17-11-7-9(15)5-6-10(11)13(20)18(3)4/h5-7H,8,16H2,1-4H3,(H,17,19). The van der Waals surface area contributed by atoms with Gasteiger partial charge in [0, 0.05) is 31.1 Å². The number of amides is 2. The number of carbonyl (C=O) groups is 2. The highest BCUT2D eigenvalue weighted by molar-refractivity contribution is 6.31. The van der Waals surface area contributed by atoms with Crippen LogP contribution in [-0.2, 0) is 4.79 Å². The Hall–Kier alpha value is -1.59. The summed E-state index contributed by atoms with van der Waals surface area (Å²) in [4.78, 5) is 25.4. The fourth-order valence-electron chi connectivity index (χ4n) is 1.66. The Morgan fingerprint density at radius 2 is 1.95 bits per heavy atom. The quantitative estimate of drug-likeness (QED) is 0.893. The number of hydrogen-bond donors (Lipinski definition) is 2. The van der Waals surface area contributed by atoms with Crippen LogP contribution in [0.1, 0.15) is 30.6 Å². The van der Waals surface area contributed by atoms with Crippen LogP contribution in [0.4, 0.5) is 5.69 Å². The van der Waals surface area contributed by atoms with Crippen LogP contribution in [0.15, 0.2) is 18.2 Å². The van der Waals surface area contributed by atoms with Crippen LogP contribution >= 0.6 is 11.6 Å². The molecule has 0 aliphatic heterocycles. The summed E-state index contributed by atoms with van der Waals surface area (Å²) < 4.78 is 0. The largest absolute Gasteiger partial charge is 0.345 e. The minimum Gasteiger partial charge on any atom is -0.345 e. The summed E-state index contributed by atoms with van der Waals surface area (Å²) in [6.45, 7) is 3.52. The monoisotopic (exact) mass is 297 g/mol. The lowest BCUT2D eigenvalue weighted by atomic mass is 10.0. The second-order valence-electron chi connectivity index (χ2n) is 5.60. The van der Waals surface area contributed by atoms with E-state index in [4.69, 9.17) is 17.3 Å². The second-order valence-corrected chi connectivity index (χ2v) is 6.04. The van der Waals surface area contributed by atoms with Crippen molar-refractivity contribution in [2.75, 3.05) is 19.4 Å². The van der Waals surface area contributed by atoms with E-state index < -0.39 is 5.54 Å². The molecule has 20 heavy (non-hydrogen) atoms. The molecule has 0 aliphatic carbocycles. The minimum absolute atomic E-state index is 0.148. The average Bonchev–Trinajstić information content (AvgIpc) is 2.25. The molecular formula is C14H20ClN3O2. The summed E-state index contributed by atoms with van der Waals surface area (Å²) in [6.07, 6.45) is 0.148. The molecule has 5 nitrogen and oxygen atoms in total. The Bertz CT molecular complexity index is 522. The maximum atomic E-state index is 12.1. The molecule has 1 aromatic rings. The fourth-order valence-corrected chi connectivity index (χ4v) is 1.83. The highest BCUT2D eigenvalue weighted by Crippen LogP contribution is 2.22. The predicted molar refractivity (Wildman–Crippen MR) is 81.0 cm³/mol. The molecule has 0 aromatic heterocycles. The summed E-state index contributed by atoms with van der Waals surface area (Å²) in [5, 5.41) is 3.14. The van der Waals surface area contributed by atoms with E-state index in [1.54, 1.807) is 46.1 Å². The molecule has 0 saturated heterocycles. The molecule has 0 heterocycles. The Kier molecular flexibility index (Phi) is 5.14. The van der Waals surface area contributed by atoms with Gasteiger partial charge in [-0.3, -0.25) is 9.59 Å². The van der Waals surface area contributed by atoms with Crippen LogP contribution < -0.4 is 11.1 Å². The average molecular weight is 298 g/mol. The van der Waals surface area contributed by atoms with Gasteiger partial charge in [0.1, 0.15) is 0 Å². The van der Waals surface area contributed by atoms with Crippen molar-refractivity contribution < 1.29 is 9.59 Å². The summed E-state index contributed by atoms with van der Waals surface area (Å²) in [6, 6.07) is 4.76. The first-order valence-electron chi connectivity index (χ1n) is 6.20. The fraction of sp³-hybridized carbons (Fsp3) is 0.429. The number of benzene rings is 1. The number of anilines is 1. The van der Waals surface area contributed by atoms with Crippen LogP contribution in [0.3, 0.4) is 0 Å². The Labute approximate surface area is 124 Å². The number of hydrogen-bond acceptors (Lipinski definition) is 3. The number of nitrogens with two attached hydrogens (primary N) is 1. The van der Waals surface area contributed by atoms with Gasteiger partial charge >= 0.3 is 0 Å². The molecule has 110 valence electrons. The summed E-state index contributed by atoms with van der Waals surface area (Å²) in [5.74, 6) is -0.462. The molecule has 1 rings (SSSR count). The Morgan fingerprint density at radius 1 is 1.35 bits per heavy atom. The maximum absolute atomic E-state index is 12.1. The molecule has 0 radical (unpaired) electrons. The van der Waals surface area contributed by atoms with Crippen molar-refractivity contribution in [1.29, 1.82) is 0 Å². The van der Waals surface area contributed by atoms with Gasteiger partial charge < -0.3 is 16.0 Å². The van der Waals surface area contributed by atoms with Crippen molar-refractivity contribution in [3.05, 3.63) is 28.8 Å². The van der Waals surface area contributed by atoms with Gasteiger partial charge in [-0.15, -0.1) is 0 Å². The van der Waals surface area contributed by atoms with E-state index in [-0.39, 0.29) is 18.2 Å². The third-order valence-electron chi connectivity index (χ3n) is 2.51. The van der Waals surface area contributed by atoms with Crippen molar-refractivity contribution >= 4 is 29.1 Å². The highest BCUT2D eigenvalue weighted by Gasteiger charge is 2.19. The van der Waals surface area contributed by atoms with Crippen molar-refractivity contribution in [3.8, 4) is 0 Å². The molecule has 2 amide bonds. The van der Waals surface area contributed by atoms with Crippen LogP contribution in [0.5, 0.6) is 0 Å². The highest BCUT2D eigenvalue weighted by atomic mass is 35.5. The van der Waals surface area contributed by atoms with E-state index in [9.17, 15) is 9.59 Å². The van der Waals surface area contributed by atoms with Crippen molar-refractivity contribution in [2.24, 2.45) is 5.73 Å². The lowest BCUT2D eigenvalue weighted by Gasteiger charge is -2.19. The van der Waals surface area contributed by atoms with Gasteiger partial charge in [-0.05, 0) is 32.0 Å². The lowest BCUT2D eigenvalue weighted by molar-refractivity contribution is -0.117. The third-order valence-corrected chi connectivity index (χ3v) is 2.74. The normalized spacial score (nSPS) is 11.1. The molecule has 0 saturated carbocycles. The number of halogens is 1. The number of rotatable bonds is 4. The summed E-state index contributed by atoms with van der Waals surface area (Å²) >= 11 is 5.92. The van der Waals surface area contributed by atoms with Crippen molar-refractivity contribution in [1.82, 2.24) is 4.90 Å². The first kappa shape index (κ1) is 16.5. The first-order valence-corrected chi connectivity index (χ1v) is 6.58. The SMILES string of the molecule is CN(C)C(=O)c1ccc(Cl)cc1NC(=O)CC(C)(C)N. The van der Waals surface area contributed by atoms with E-state index in [2.05, 4.69) is 5.32 Å². The van der Waals surface area contributed by atoms with Gasteiger partial charge in [-0.2, -0.15) is 0 Å². The van der Waals surface area contributed by atoms with E-state index in [0.29, 0.717) is 16.3 Å².